The number of hydrogen-bond acceptors (Lipinski definition) is 3. The van der Waals surface area contributed by atoms with Crippen LogP contribution in [0.2, 0.25) is 0 Å². The molecule has 5 nitrogen and oxygen atoms in total. The van der Waals surface area contributed by atoms with Gasteiger partial charge in [0.05, 0.1) is 4.90 Å². The molecule has 1 heterocycles. The highest BCUT2D eigenvalue weighted by Crippen LogP contribution is 2.23. The first kappa shape index (κ1) is 13.8. The number of aromatic amines is 1. The largest absolute Gasteiger partial charge is 0.360 e. The average Bonchev–Trinajstić information content (AvgIpc) is 2.81. The maximum absolute atomic E-state index is 12.4. The summed E-state index contributed by atoms with van der Waals surface area (Å²) in [4.78, 5) is 14.1. The van der Waals surface area contributed by atoms with Crippen molar-refractivity contribution >= 4 is 27.2 Å². The molecule has 1 N–H and O–H groups in total. The molecule has 0 aliphatic rings. The molecule has 2 aromatic rings. The quantitative estimate of drug-likeness (QED) is 0.852. The molecular weight excluding hydrogens is 264 g/mol. The van der Waals surface area contributed by atoms with Crippen LogP contribution in [0.15, 0.2) is 29.3 Å². The van der Waals surface area contributed by atoms with E-state index in [1.807, 2.05) is 0 Å². The number of benzene rings is 1. The van der Waals surface area contributed by atoms with E-state index in [-0.39, 0.29) is 4.90 Å². The molecule has 0 atom stereocenters. The van der Waals surface area contributed by atoms with Crippen LogP contribution in [0.1, 0.15) is 24.2 Å². The highest BCUT2D eigenvalue weighted by molar-refractivity contribution is 7.89. The van der Waals surface area contributed by atoms with Crippen molar-refractivity contribution in [2.75, 3.05) is 13.1 Å². The Morgan fingerprint density at radius 2 is 1.95 bits per heavy atom. The third-order valence-corrected chi connectivity index (χ3v) is 5.20. The fraction of sp³-hybridized carbons (Fsp3) is 0.308. The third-order valence-electron chi connectivity index (χ3n) is 3.16. The van der Waals surface area contributed by atoms with Gasteiger partial charge >= 0.3 is 0 Å². The molecule has 1 aromatic heterocycles. The van der Waals surface area contributed by atoms with Crippen molar-refractivity contribution in [1.82, 2.24) is 9.29 Å². The van der Waals surface area contributed by atoms with E-state index in [4.69, 9.17) is 0 Å². The van der Waals surface area contributed by atoms with Gasteiger partial charge in [0.2, 0.25) is 10.0 Å². The molecule has 0 aliphatic carbocycles. The summed E-state index contributed by atoms with van der Waals surface area (Å²) in [7, 11) is -3.49. The Morgan fingerprint density at radius 1 is 1.26 bits per heavy atom. The number of carbonyl (C=O) groups excluding carboxylic acids is 1. The van der Waals surface area contributed by atoms with Gasteiger partial charge in [-0.15, -0.1) is 0 Å². The van der Waals surface area contributed by atoms with Gasteiger partial charge in [-0.25, -0.2) is 8.42 Å². The molecule has 1 aromatic carbocycles. The predicted molar refractivity (Wildman–Crippen MR) is 73.8 cm³/mol. The van der Waals surface area contributed by atoms with Crippen molar-refractivity contribution in [3.05, 3.63) is 30.0 Å². The molecule has 0 bridgehead atoms. The molecule has 19 heavy (non-hydrogen) atoms. The van der Waals surface area contributed by atoms with Gasteiger partial charge in [0.1, 0.15) is 0 Å². The van der Waals surface area contributed by atoms with E-state index in [1.54, 1.807) is 38.2 Å². The van der Waals surface area contributed by atoms with Gasteiger partial charge in [-0.3, -0.25) is 4.79 Å². The Morgan fingerprint density at radius 3 is 2.53 bits per heavy atom. The van der Waals surface area contributed by atoms with Crippen molar-refractivity contribution in [3.8, 4) is 0 Å². The summed E-state index contributed by atoms with van der Waals surface area (Å²) in [5, 5.41) is 0.628. The molecule has 0 spiro atoms. The molecule has 0 radical (unpaired) electrons. The summed E-state index contributed by atoms with van der Waals surface area (Å²) in [6.07, 6.45) is 2.29. The van der Waals surface area contributed by atoms with E-state index in [9.17, 15) is 13.2 Å². The first-order valence-electron chi connectivity index (χ1n) is 6.11. The summed E-state index contributed by atoms with van der Waals surface area (Å²) in [6, 6.07) is 4.78. The average molecular weight is 280 g/mol. The summed E-state index contributed by atoms with van der Waals surface area (Å²) in [5.74, 6) is 0. The number of hydrogen-bond donors (Lipinski definition) is 1. The lowest BCUT2D eigenvalue weighted by Crippen LogP contribution is -2.30. The predicted octanol–water partition coefficient (Wildman–Crippen LogP) is 2.01. The van der Waals surface area contributed by atoms with E-state index in [1.165, 1.54) is 4.31 Å². The summed E-state index contributed by atoms with van der Waals surface area (Å²) < 4.78 is 26.2. The fourth-order valence-electron chi connectivity index (χ4n) is 2.09. The SMILES string of the molecule is CCN(CC)S(=O)(=O)c1ccc2[nH]cc(C=O)c2c1. The molecule has 102 valence electrons. The second kappa shape index (κ2) is 5.14. The molecular formula is C13H16N2O3S. The maximum atomic E-state index is 12.4. The van der Waals surface area contributed by atoms with E-state index in [0.29, 0.717) is 30.3 Å². The van der Waals surface area contributed by atoms with E-state index in [2.05, 4.69) is 4.98 Å². The van der Waals surface area contributed by atoms with Gasteiger partial charge in [-0.05, 0) is 18.2 Å². The zero-order valence-corrected chi connectivity index (χ0v) is 11.7. The van der Waals surface area contributed by atoms with Gasteiger partial charge in [0.25, 0.3) is 0 Å². The first-order chi connectivity index (χ1) is 9.04. The van der Waals surface area contributed by atoms with Crippen LogP contribution in [0.5, 0.6) is 0 Å². The number of carbonyl (C=O) groups is 1. The number of rotatable bonds is 5. The number of aromatic nitrogens is 1. The fourth-order valence-corrected chi connectivity index (χ4v) is 3.58. The smallest absolute Gasteiger partial charge is 0.243 e. The summed E-state index contributed by atoms with van der Waals surface area (Å²) >= 11 is 0. The van der Waals surface area contributed by atoms with E-state index >= 15 is 0 Å². The number of nitrogens with one attached hydrogen (secondary N) is 1. The molecule has 2 rings (SSSR count). The van der Waals surface area contributed by atoms with Crippen LogP contribution in [0.3, 0.4) is 0 Å². The number of H-pyrrole nitrogens is 1. The number of aldehydes is 1. The second-order valence-electron chi connectivity index (χ2n) is 4.16. The van der Waals surface area contributed by atoms with E-state index < -0.39 is 10.0 Å². The van der Waals surface area contributed by atoms with Gasteiger partial charge < -0.3 is 4.98 Å². The van der Waals surface area contributed by atoms with Crippen LogP contribution in [-0.2, 0) is 10.0 Å². The lowest BCUT2D eigenvalue weighted by Gasteiger charge is -2.18. The monoisotopic (exact) mass is 280 g/mol. The molecule has 0 saturated heterocycles. The highest BCUT2D eigenvalue weighted by atomic mass is 32.2. The third kappa shape index (κ3) is 2.29. The summed E-state index contributed by atoms with van der Waals surface area (Å²) in [6.45, 7) is 4.44. The van der Waals surface area contributed by atoms with Crippen molar-refractivity contribution in [2.45, 2.75) is 18.7 Å². The van der Waals surface area contributed by atoms with Crippen molar-refractivity contribution in [3.63, 3.8) is 0 Å². The zero-order chi connectivity index (χ0) is 14.0. The number of fused-ring (bicyclic) bond motifs is 1. The lowest BCUT2D eigenvalue weighted by molar-refractivity contribution is 0.112. The topological polar surface area (TPSA) is 70.2 Å². The van der Waals surface area contributed by atoms with Crippen LogP contribution in [-0.4, -0.2) is 37.1 Å². The molecule has 0 unspecified atom stereocenters. The van der Waals surface area contributed by atoms with E-state index in [0.717, 1.165) is 5.52 Å². The Bertz CT molecular complexity index is 700. The zero-order valence-electron chi connectivity index (χ0n) is 10.9. The summed E-state index contributed by atoms with van der Waals surface area (Å²) in [5.41, 5.74) is 1.21. The number of nitrogens with zero attached hydrogens (tertiary/aromatic N) is 1. The lowest BCUT2D eigenvalue weighted by atomic mass is 10.2. The first-order valence-corrected chi connectivity index (χ1v) is 7.55. The van der Waals surface area contributed by atoms with Gasteiger partial charge in [0, 0.05) is 35.8 Å². The molecule has 0 saturated carbocycles. The van der Waals surface area contributed by atoms with Gasteiger partial charge in [-0.1, -0.05) is 13.8 Å². The minimum atomic E-state index is -3.49. The van der Waals surface area contributed by atoms with Gasteiger partial charge in [0.15, 0.2) is 6.29 Å². The molecule has 0 amide bonds. The van der Waals surface area contributed by atoms with Crippen molar-refractivity contribution in [2.24, 2.45) is 0 Å². The molecule has 0 fully saturated rings. The Kier molecular flexibility index (Phi) is 3.73. The Balaban J connectivity index is 2.60. The highest BCUT2D eigenvalue weighted by Gasteiger charge is 2.22. The van der Waals surface area contributed by atoms with Gasteiger partial charge in [-0.2, -0.15) is 4.31 Å². The normalized spacial score (nSPS) is 12.2. The van der Waals surface area contributed by atoms with Crippen LogP contribution in [0.25, 0.3) is 10.9 Å². The standard InChI is InChI=1S/C13H16N2O3S/c1-3-15(4-2)19(17,18)11-5-6-13-12(7-11)10(9-16)8-14-13/h5-9,14H,3-4H2,1-2H3. The van der Waals surface area contributed by atoms with Crippen LogP contribution in [0.4, 0.5) is 0 Å². The minimum absolute atomic E-state index is 0.214. The van der Waals surface area contributed by atoms with Crippen molar-refractivity contribution in [1.29, 1.82) is 0 Å². The van der Waals surface area contributed by atoms with Crippen LogP contribution >= 0.6 is 0 Å². The van der Waals surface area contributed by atoms with Crippen LogP contribution < -0.4 is 0 Å². The maximum Gasteiger partial charge on any atom is 0.243 e. The Hall–Kier alpha value is -1.66. The Labute approximate surface area is 112 Å². The second-order valence-corrected chi connectivity index (χ2v) is 6.10. The minimum Gasteiger partial charge on any atom is -0.360 e. The molecule has 0 aliphatic heterocycles. The van der Waals surface area contributed by atoms with Crippen molar-refractivity contribution < 1.29 is 13.2 Å². The molecule has 6 heteroatoms. The number of sulfonamides is 1. The van der Waals surface area contributed by atoms with Crippen LogP contribution in [0, 0.1) is 0 Å².